The van der Waals surface area contributed by atoms with Crippen LogP contribution in [0.3, 0.4) is 0 Å². The Labute approximate surface area is 119 Å². The van der Waals surface area contributed by atoms with Crippen molar-refractivity contribution < 1.29 is 14.6 Å². The van der Waals surface area contributed by atoms with E-state index < -0.39 is 5.97 Å². The van der Waals surface area contributed by atoms with Crippen molar-refractivity contribution in [2.24, 2.45) is 0 Å². The lowest BCUT2D eigenvalue weighted by Gasteiger charge is -2.28. The summed E-state index contributed by atoms with van der Waals surface area (Å²) >= 11 is 1.21. The molecule has 8 heteroatoms. The van der Waals surface area contributed by atoms with Gasteiger partial charge >= 0.3 is 5.97 Å². The zero-order valence-electron chi connectivity index (χ0n) is 10.9. The fraction of sp³-hybridized carbons (Fsp3) is 0.500. The number of hydrogen-bond donors (Lipinski definition) is 1. The van der Waals surface area contributed by atoms with E-state index in [1.165, 1.54) is 31.6 Å². The number of aromatic nitrogens is 4. The molecule has 1 fully saturated rings. The van der Waals surface area contributed by atoms with Gasteiger partial charge in [-0.15, -0.1) is 0 Å². The maximum Gasteiger partial charge on any atom is 0.313 e. The van der Waals surface area contributed by atoms with Crippen molar-refractivity contribution in [2.45, 2.75) is 30.5 Å². The molecule has 106 valence electrons. The lowest BCUT2D eigenvalue weighted by Crippen LogP contribution is -2.18. The van der Waals surface area contributed by atoms with Gasteiger partial charge in [0, 0.05) is 6.04 Å². The summed E-state index contributed by atoms with van der Waals surface area (Å²) in [6.07, 6.45) is 4.76. The van der Waals surface area contributed by atoms with Crippen molar-refractivity contribution in [1.29, 1.82) is 0 Å². The molecule has 2 heterocycles. The molecule has 0 spiro atoms. The Kier molecular flexibility index (Phi) is 3.47. The van der Waals surface area contributed by atoms with Crippen LogP contribution < -0.4 is 4.74 Å². The molecule has 1 aliphatic rings. The van der Waals surface area contributed by atoms with Gasteiger partial charge in [-0.3, -0.25) is 4.79 Å². The van der Waals surface area contributed by atoms with Crippen molar-refractivity contribution in [3.63, 3.8) is 0 Å². The molecule has 3 rings (SSSR count). The second kappa shape index (κ2) is 5.28. The van der Waals surface area contributed by atoms with Crippen LogP contribution in [0.2, 0.25) is 0 Å². The van der Waals surface area contributed by atoms with Gasteiger partial charge < -0.3 is 14.4 Å². The molecule has 0 aromatic carbocycles. The highest BCUT2D eigenvalue weighted by atomic mass is 32.2. The van der Waals surface area contributed by atoms with Crippen LogP contribution in [-0.4, -0.2) is 43.5 Å². The van der Waals surface area contributed by atoms with E-state index in [-0.39, 0.29) is 5.75 Å². The van der Waals surface area contributed by atoms with E-state index in [0.29, 0.717) is 22.6 Å². The summed E-state index contributed by atoms with van der Waals surface area (Å²) in [5.74, 6) is -0.461. The molecule has 0 bridgehead atoms. The molecule has 1 saturated carbocycles. The normalized spacial score (nSPS) is 15.2. The number of nitrogens with zero attached hydrogens (tertiary/aromatic N) is 4. The molecule has 1 N–H and O–H groups in total. The van der Waals surface area contributed by atoms with Crippen LogP contribution in [0.4, 0.5) is 0 Å². The van der Waals surface area contributed by atoms with E-state index in [2.05, 4.69) is 15.0 Å². The van der Waals surface area contributed by atoms with Gasteiger partial charge in [-0.1, -0.05) is 11.8 Å². The predicted octanol–water partition coefficient (Wildman–Crippen LogP) is 1.74. The van der Waals surface area contributed by atoms with Crippen molar-refractivity contribution in [2.75, 3.05) is 12.9 Å². The summed E-state index contributed by atoms with van der Waals surface area (Å²) in [5, 5.41) is 9.51. The van der Waals surface area contributed by atoms with Gasteiger partial charge in [-0.2, -0.15) is 4.98 Å². The second-order valence-corrected chi connectivity index (χ2v) is 5.53. The molecule has 0 aliphatic heterocycles. The first-order valence-electron chi connectivity index (χ1n) is 6.32. The molecular weight excluding hydrogens is 280 g/mol. The first-order chi connectivity index (χ1) is 9.70. The van der Waals surface area contributed by atoms with Gasteiger partial charge in [0.05, 0.1) is 12.9 Å². The van der Waals surface area contributed by atoms with Crippen LogP contribution in [0, 0.1) is 0 Å². The number of imidazole rings is 1. The highest BCUT2D eigenvalue weighted by Crippen LogP contribution is 2.38. The molecular formula is C12H14N4O3S. The third kappa shape index (κ3) is 2.20. The Balaban J connectivity index is 2.08. The molecule has 1 aliphatic carbocycles. The average molecular weight is 294 g/mol. The number of rotatable bonds is 5. The van der Waals surface area contributed by atoms with Crippen molar-refractivity contribution >= 4 is 28.9 Å². The third-order valence-electron chi connectivity index (χ3n) is 3.37. The lowest BCUT2D eigenvalue weighted by atomic mass is 9.93. The molecule has 0 radical (unpaired) electrons. The molecule has 7 nitrogen and oxygen atoms in total. The number of ether oxygens (including phenoxy) is 1. The molecule has 2 aromatic heterocycles. The van der Waals surface area contributed by atoms with E-state index in [9.17, 15) is 4.79 Å². The number of methoxy groups -OCH3 is 1. The molecule has 0 amide bonds. The summed E-state index contributed by atoms with van der Waals surface area (Å²) in [7, 11) is 1.54. The number of aliphatic carboxylic acids is 1. The van der Waals surface area contributed by atoms with Gasteiger partial charge in [0.2, 0.25) is 5.88 Å². The third-order valence-corrected chi connectivity index (χ3v) is 4.31. The van der Waals surface area contributed by atoms with Crippen LogP contribution in [0.15, 0.2) is 11.5 Å². The number of carbonyl (C=O) groups is 1. The fourth-order valence-electron chi connectivity index (χ4n) is 2.22. The van der Waals surface area contributed by atoms with E-state index in [1.807, 2.05) is 4.57 Å². The number of fused-ring (bicyclic) bond motifs is 1. The minimum absolute atomic E-state index is 0.0220. The largest absolute Gasteiger partial charge is 0.481 e. The number of thioether (sulfide) groups is 1. The van der Waals surface area contributed by atoms with E-state index in [0.717, 1.165) is 18.5 Å². The number of carboxylic acid groups (broad SMARTS) is 1. The van der Waals surface area contributed by atoms with Crippen LogP contribution >= 0.6 is 11.8 Å². The maximum absolute atomic E-state index is 10.8. The Morgan fingerprint density at radius 3 is 2.95 bits per heavy atom. The SMILES string of the molecule is COc1ncnc2c1nc(SCC(=O)O)n2C1CCC1. The second-order valence-electron chi connectivity index (χ2n) is 4.59. The average Bonchev–Trinajstić information content (AvgIpc) is 2.73. The quantitative estimate of drug-likeness (QED) is 0.840. The maximum atomic E-state index is 10.8. The van der Waals surface area contributed by atoms with Gasteiger partial charge in [0.25, 0.3) is 0 Å². The standard InChI is InChI=1S/C12H14N4O3S/c1-19-11-9-10(13-6-14-11)16(7-3-2-4-7)12(15-9)20-5-8(17)18/h6-7H,2-5H2,1H3,(H,17,18). The Morgan fingerprint density at radius 2 is 2.35 bits per heavy atom. The summed E-state index contributed by atoms with van der Waals surface area (Å²) in [5.41, 5.74) is 1.31. The van der Waals surface area contributed by atoms with Gasteiger partial charge in [-0.05, 0) is 19.3 Å². The summed E-state index contributed by atoms with van der Waals surface area (Å²) in [6.45, 7) is 0. The summed E-state index contributed by atoms with van der Waals surface area (Å²) < 4.78 is 7.22. The minimum atomic E-state index is -0.861. The van der Waals surface area contributed by atoms with Crippen molar-refractivity contribution in [3.8, 4) is 5.88 Å². The van der Waals surface area contributed by atoms with Gasteiger partial charge in [0.1, 0.15) is 6.33 Å². The van der Waals surface area contributed by atoms with Gasteiger partial charge in [-0.25, -0.2) is 9.97 Å². The summed E-state index contributed by atoms with van der Waals surface area (Å²) in [6, 6.07) is 0.343. The number of hydrogen-bond acceptors (Lipinski definition) is 6. The molecule has 0 saturated heterocycles. The monoisotopic (exact) mass is 294 g/mol. The van der Waals surface area contributed by atoms with Crippen molar-refractivity contribution in [3.05, 3.63) is 6.33 Å². The Morgan fingerprint density at radius 1 is 1.55 bits per heavy atom. The molecule has 0 unspecified atom stereocenters. The zero-order chi connectivity index (χ0) is 14.1. The Hall–Kier alpha value is -1.83. The number of carboxylic acids is 1. The van der Waals surface area contributed by atoms with E-state index in [4.69, 9.17) is 9.84 Å². The van der Waals surface area contributed by atoms with Crippen LogP contribution in [-0.2, 0) is 4.79 Å². The predicted molar refractivity (Wildman–Crippen MR) is 73.1 cm³/mol. The zero-order valence-corrected chi connectivity index (χ0v) is 11.8. The first-order valence-corrected chi connectivity index (χ1v) is 7.30. The fourth-order valence-corrected chi connectivity index (χ4v) is 3.00. The topological polar surface area (TPSA) is 90.1 Å². The van der Waals surface area contributed by atoms with Crippen LogP contribution in [0.5, 0.6) is 5.88 Å². The van der Waals surface area contributed by atoms with Crippen LogP contribution in [0.1, 0.15) is 25.3 Å². The lowest BCUT2D eigenvalue weighted by molar-refractivity contribution is -0.133. The van der Waals surface area contributed by atoms with E-state index in [1.54, 1.807) is 0 Å². The highest BCUT2D eigenvalue weighted by Gasteiger charge is 2.27. The summed E-state index contributed by atoms with van der Waals surface area (Å²) in [4.78, 5) is 23.6. The molecule has 20 heavy (non-hydrogen) atoms. The van der Waals surface area contributed by atoms with Crippen LogP contribution in [0.25, 0.3) is 11.2 Å². The van der Waals surface area contributed by atoms with E-state index >= 15 is 0 Å². The minimum Gasteiger partial charge on any atom is -0.481 e. The van der Waals surface area contributed by atoms with Gasteiger partial charge in [0.15, 0.2) is 16.3 Å². The van der Waals surface area contributed by atoms with Crippen molar-refractivity contribution in [1.82, 2.24) is 19.5 Å². The Bertz CT molecular complexity index is 653. The molecule has 0 atom stereocenters. The molecule has 2 aromatic rings. The smallest absolute Gasteiger partial charge is 0.313 e. The highest BCUT2D eigenvalue weighted by molar-refractivity contribution is 7.99. The first kappa shape index (κ1) is 13.2.